The fraction of sp³-hybridized carbons (Fsp3) is 0.458. The minimum atomic E-state index is 0.146. The summed E-state index contributed by atoms with van der Waals surface area (Å²) in [4.78, 5) is 13.7. The topological polar surface area (TPSA) is 44.4 Å². The molecule has 1 saturated heterocycles. The van der Waals surface area contributed by atoms with Gasteiger partial charge in [0.25, 0.3) is 0 Å². The van der Waals surface area contributed by atoms with Crippen LogP contribution in [0.25, 0.3) is 0 Å². The van der Waals surface area contributed by atoms with E-state index in [1.807, 2.05) is 18.2 Å². The Morgan fingerprint density at radius 3 is 2.45 bits per heavy atom. The van der Waals surface area contributed by atoms with Gasteiger partial charge in [-0.1, -0.05) is 43.7 Å². The number of hydrogen-bond acceptors (Lipinski definition) is 4. The molecule has 0 radical (unpaired) electrons. The van der Waals surface area contributed by atoms with Gasteiger partial charge in [-0.05, 0) is 67.5 Å². The molecule has 1 heterocycles. The van der Waals surface area contributed by atoms with Crippen molar-refractivity contribution in [1.82, 2.24) is 9.62 Å². The van der Waals surface area contributed by atoms with Gasteiger partial charge in [0, 0.05) is 42.7 Å². The molecule has 1 fully saturated rings. The van der Waals surface area contributed by atoms with Gasteiger partial charge >= 0.3 is 0 Å². The average molecular weight is 412 g/mol. The summed E-state index contributed by atoms with van der Waals surface area (Å²) in [5, 5.41) is 6.58. The van der Waals surface area contributed by atoms with Crippen LogP contribution in [0.3, 0.4) is 0 Å². The van der Waals surface area contributed by atoms with Gasteiger partial charge in [0.2, 0.25) is 5.91 Å². The number of hydrogen-bond donors (Lipinski definition) is 2. The van der Waals surface area contributed by atoms with Gasteiger partial charge in [0.1, 0.15) is 0 Å². The quantitative estimate of drug-likeness (QED) is 0.428. The smallest absolute Gasteiger partial charge is 0.223 e. The van der Waals surface area contributed by atoms with Crippen molar-refractivity contribution in [2.75, 3.05) is 31.5 Å². The lowest BCUT2D eigenvalue weighted by Gasteiger charge is -2.30. The van der Waals surface area contributed by atoms with Crippen LogP contribution in [0.5, 0.6) is 0 Å². The van der Waals surface area contributed by atoms with Gasteiger partial charge in [-0.25, -0.2) is 4.31 Å². The summed E-state index contributed by atoms with van der Waals surface area (Å²) in [6.07, 6.45) is 5.17. The number of unbranched alkanes of at least 4 members (excludes halogenated alkanes) is 1. The predicted molar refractivity (Wildman–Crippen MR) is 123 cm³/mol. The van der Waals surface area contributed by atoms with Gasteiger partial charge in [-0.15, -0.1) is 0 Å². The highest BCUT2D eigenvalue weighted by molar-refractivity contribution is 7.97. The second-order valence-corrected chi connectivity index (χ2v) is 8.80. The number of piperidine rings is 1. The largest absolute Gasteiger partial charge is 0.385 e. The van der Waals surface area contributed by atoms with E-state index in [1.54, 1.807) is 11.9 Å². The maximum Gasteiger partial charge on any atom is 0.223 e. The Hall–Kier alpha value is -1.98. The maximum absolute atomic E-state index is 12.5. The van der Waals surface area contributed by atoms with Crippen molar-refractivity contribution in [3.8, 4) is 0 Å². The SMILES string of the molecule is CCCCNc1ccc(SN2CCC(C(=O)NCCc3ccccc3)CC2)cc1. The zero-order valence-corrected chi connectivity index (χ0v) is 18.2. The van der Waals surface area contributed by atoms with Crippen molar-refractivity contribution in [2.45, 2.75) is 43.9 Å². The minimum absolute atomic E-state index is 0.146. The fourth-order valence-electron chi connectivity index (χ4n) is 3.52. The van der Waals surface area contributed by atoms with E-state index in [9.17, 15) is 4.79 Å². The van der Waals surface area contributed by atoms with Crippen LogP contribution in [0.4, 0.5) is 5.69 Å². The minimum Gasteiger partial charge on any atom is -0.385 e. The number of anilines is 1. The second kappa shape index (κ2) is 11.9. The molecule has 1 aliphatic heterocycles. The second-order valence-electron chi connectivity index (χ2n) is 7.63. The lowest BCUT2D eigenvalue weighted by atomic mass is 9.97. The molecule has 3 rings (SSSR count). The Balaban J connectivity index is 1.35. The van der Waals surface area contributed by atoms with E-state index in [1.165, 1.54) is 29.0 Å². The first kappa shape index (κ1) is 21.7. The van der Waals surface area contributed by atoms with E-state index in [2.05, 4.69) is 58.3 Å². The summed E-state index contributed by atoms with van der Waals surface area (Å²) in [7, 11) is 0. The van der Waals surface area contributed by atoms with Crippen LogP contribution in [-0.2, 0) is 11.2 Å². The lowest BCUT2D eigenvalue weighted by Crippen LogP contribution is -2.38. The number of carbonyl (C=O) groups excluding carboxylic acids is 1. The zero-order chi connectivity index (χ0) is 20.3. The summed E-state index contributed by atoms with van der Waals surface area (Å²) in [6.45, 7) is 5.87. The van der Waals surface area contributed by atoms with Crippen LogP contribution >= 0.6 is 11.9 Å². The third kappa shape index (κ3) is 7.41. The Morgan fingerprint density at radius 2 is 1.76 bits per heavy atom. The molecule has 1 amide bonds. The van der Waals surface area contributed by atoms with E-state index < -0.39 is 0 Å². The number of rotatable bonds is 10. The van der Waals surface area contributed by atoms with Crippen LogP contribution in [0.1, 0.15) is 38.2 Å². The molecule has 2 aromatic carbocycles. The Bertz CT molecular complexity index is 728. The Kier molecular flexibility index (Phi) is 8.90. The molecule has 29 heavy (non-hydrogen) atoms. The molecule has 156 valence electrons. The summed E-state index contributed by atoms with van der Waals surface area (Å²) in [5.41, 5.74) is 2.46. The third-order valence-corrected chi connectivity index (χ3v) is 6.44. The molecule has 5 heteroatoms. The number of nitrogens with zero attached hydrogens (tertiary/aromatic N) is 1. The molecule has 0 atom stereocenters. The van der Waals surface area contributed by atoms with Gasteiger partial charge in [0.15, 0.2) is 0 Å². The van der Waals surface area contributed by atoms with Crippen LogP contribution in [0.2, 0.25) is 0 Å². The lowest BCUT2D eigenvalue weighted by molar-refractivity contribution is -0.126. The number of nitrogens with one attached hydrogen (secondary N) is 2. The van der Waals surface area contributed by atoms with Gasteiger partial charge < -0.3 is 10.6 Å². The first-order chi connectivity index (χ1) is 14.2. The van der Waals surface area contributed by atoms with Crippen LogP contribution < -0.4 is 10.6 Å². The van der Waals surface area contributed by atoms with Gasteiger partial charge in [0.05, 0.1) is 0 Å². The molecule has 1 aliphatic rings. The van der Waals surface area contributed by atoms with E-state index in [-0.39, 0.29) is 11.8 Å². The standard InChI is InChI=1S/C24H33N3OS/c1-2-3-16-25-22-9-11-23(12-10-22)29-27-18-14-21(15-19-27)24(28)26-17-13-20-7-5-4-6-8-20/h4-12,21,25H,2-3,13-19H2,1H3,(H,26,28). The first-order valence-corrected chi connectivity index (χ1v) is 11.6. The molecule has 2 N–H and O–H groups in total. The van der Waals surface area contributed by atoms with E-state index >= 15 is 0 Å². The molecular formula is C24H33N3OS. The molecule has 2 aromatic rings. The van der Waals surface area contributed by atoms with E-state index in [4.69, 9.17) is 0 Å². The summed E-state index contributed by atoms with van der Waals surface area (Å²) >= 11 is 1.80. The summed E-state index contributed by atoms with van der Waals surface area (Å²) in [5.74, 6) is 0.362. The molecule has 0 unspecified atom stereocenters. The molecule has 0 aromatic heterocycles. The van der Waals surface area contributed by atoms with Crippen molar-refractivity contribution in [2.24, 2.45) is 5.92 Å². The molecule has 0 aliphatic carbocycles. The zero-order valence-electron chi connectivity index (χ0n) is 17.4. The van der Waals surface area contributed by atoms with Crippen molar-refractivity contribution in [1.29, 1.82) is 0 Å². The van der Waals surface area contributed by atoms with Gasteiger partial charge in [-0.2, -0.15) is 0 Å². The molecule has 0 saturated carbocycles. The predicted octanol–water partition coefficient (Wildman–Crippen LogP) is 4.98. The van der Waals surface area contributed by atoms with E-state index in [0.29, 0.717) is 0 Å². The molecule has 0 spiro atoms. The maximum atomic E-state index is 12.5. The Labute approximate surface area is 179 Å². The highest BCUT2D eigenvalue weighted by atomic mass is 32.2. The van der Waals surface area contributed by atoms with Crippen molar-refractivity contribution < 1.29 is 4.79 Å². The number of amides is 1. The first-order valence-electron chi connectivity index (χ1n) is 10.8. The van der Waals surface area contributed by atoms with Crippen LogP contribution in [0.15, 0.2) is 59.5 Å². The molecule has 4 nitrogen and oxygen atoms in total. The third-order valence-electron chi connectivity index (χ3n) is 5.33. The number of carbonyl (C=O) groups is 1. The summed E-state index contributed by atoms with van der Waals surface area (Å²) in [6, 6.07) is 19.0. The van der Waals surface area contributed by atoms with E-state index in [0.717, 1.165) is 45.4 Å². The average Bonchev–Trinajstić information content (AvgIpc) is 2.76. The highest BCUT2D eigenvalue weighted by Gasteiger charge is 2.25. The van der Waals surface area contributed by atoms with Crippen molar-refractivity contribution in [3.05, 3.63) is 60.2 Å². The van der Waals surface area contributed by atoms with Crippen LogP contribution in [-0.4, -0.2) is 36.4 Å². The number of benzene rings is 2. The monoisotopic (exact) mass is 411 g/mol. The van der Waals surface area contributed by atoms with Crippen LogP contribution in [0, 0.1) is 5.92 Å². The van der Waals surface area contributed by atoms with Crippen molar-refractivity contribution >= 4 is 23.5 Å². The normalized spacial score (nSPS) is 15.2. The highest BCUT2D eigenvalue weighted by Crippen LogP contribution is 2.29. The Morgan fingerprint density at radius 1 is 1.03 bits per heavy atom. The fourth-order valence-corrected chi connectivity index (χ4v) is 4.47. The molecular weight excluding hydrogens is 378 g/mol. The van der Waals surface area contributed by atoms with Gasteiger partial charge in [-0.3, -0.25) is 4.79 Å². The van der Waals surface area contributed by atoms with Crippen molar-refractivity contribution in [3.63, 3.8) is 0 Å². The summed E-state index contributed by atoms with van der Waals surface area (Å²) < 4.78 is 2.38. The molecule has 0 bridgehead atoms.